The Morgan fingerprint density at radius 3 is 2.75 bits per heavy atom. The van der Waals surface area contributed by atoms with Gasteiger partial charge in [-0.05, 0) is 54.5 Å². The van der Waals surface area contributed by atoms with E-state index in [2.05, 4.69) is 25.3 Å². The van der Waals surface area contributed by atoms with Crippen LogP contribution < -0.4 is 4.90 Å². The van der Waals surface area contributed by atoms with Crippen LogP contribution in [-0.4, -0.2) is 23.7 Å². The van der Waals surface area contributed by atoms with Gasteiger partial charge in [0.25, 0.3) is 0 Å². The molecular weight excluding hydrogens is 370 g/mol. The van der Waals surface area contributed by atoms with Crippen LogP contribution in [0.15, 0.2) is 35.7 Å². The number of rotatable bonds is 10. The second kappa shape index (κ2) is 10.2. The first-order valence-corrected chi connectivity index (χ1v) is 11.2. The first-order valence-electron chi connectivity index (χ1n) is 10.3. The summed E-state index contributed by atoms with van der Waals surface area (Å²) < 4.78 is 5.91. The number of thiophene rings is 1. The second-order valence-electron chi connectivity index (χ2n) is 7.66. The largest absolute Gasteiger partial charge is 0.388 e. The van der Waals surface area contributed by atoms with Gasteiger partial charge in [-0.2, -0.15) is 0 Å². The maximum atomic E-state index is 12.4. The standard InChI is InChI=1S/C23H31NO3S/c1-3-4-5-6-22(25)18-7-9-19(10-8-18)24-20(11-12-23(24)26)14-27-15-21-13-17(2)16-28-21/h7-10,13,16,20,22,25H,3-6,11-12,14-15H2,1-2H3/t20-,22?/m1/s1. The van der Waals surface area contributed by atoms with Crippen molar-refractivity contribution in [3.8, 4) is 0 Å². The topological polar surface area (TPSA) is 49.8 Å². The molecule has 1 aliphatic rings. The maximum Gasteiger partial charge on any atom is 0.227 e. The number of amides is 1. The van der Waals surface area contributed by atoms with E-state index in [1.54, 1.807) is 11.3 Å². The molecule has 28 heavy (non-hydrogen) atoms. The van der Waals surface area contributed by atoms with E-state index in [4.69, 9.17) is 4.74 Å². The molecule has 0 aliphatic carbocycles. The molecule has 2 heterocycles. The van der Waals surface area contributed by atoms with Gasteiger partial charge in [0.05, 0.1) is 25.4 Å². The van der Waals surface area contributed by atoms with Crippen molar-refractivity contribution < 1.29 is 14.6 Å². The van der Waals surface area contributed by atoms with Crippen LogP contribution in [0.3, 0.4) is 0 Å². The Morgan fingerprint density at radius 1 is 1.29 bits per heavy atom. The molecule has 1 amide bonds. The summed E-state index contributed by atoms with van der Waals surface area (Å²) in [5.74, 6) is 0.150. The average Bonchev–Trinajstić information content (AvgIpc) is 3.27. The molecule has 4 nitrogen and oxygen atoms in total. The SMILES string of the molecule is CCCCCC(O)c1ccc(N2C(=O)CC[C@@H]2COCc2cc(C)cs2)cc1. The number of carbonyl (C=O) groups excluding carboxylic acids is 1. The zero-order valence-electron chi connectivity index (χ0n) is 16.9. The number of carbonyl (C=O) groups is 1. The number of aryl methyl sites for hydroxylation is 1. The molecule has 1 N–H and O–H groups in total. The summed E-state index contributed by atoms with van der Waals surface area (Å²) in [5.41, 5.74) is 3.08. The zero-order valence-corrected chi connectivity index (χ0v) is 17.7. The van der Waals surface area contributed by atoms with Crippen LogP contribution in [0.5, 0.6) is 0 Å². The van der Waals surface area contributed by atoms with Crippen molar-refractivity contribution in [3.63, 3.8) is 0 Å². The van der Waals surface area contributed by atoms with E-state index in [1.807, 2.05) is 29.2 Å². The number of benzene rings is 1. The van der Waals surface area contributed by atoms with E-state index in [1.165, 1.54) is 10.4 Å². The highest BCUT2D eigenvalue weighted by Crippen LogP contribution is 2.29. The summed E-state index contributed by atoms with van der Waals surface area (Å²) in [6.07, 6.45) is 5.07. The Balaban J connectivity index is 1.57. The normalized spacial score (nSPS) is 18.0. The predicted octanol–water partition coefficient (Wildman–Crippen LogP) is 5.38. The van der Waals surface area contributed by atoms with E-state index in [0.29, 0.717) is 19.6 Å². The molecule has 1 saturated heterocycles. The Labute approximate surface area is 172 Å². The van der Waals surface area contributed by atoms with E-state index in [0.717, 1.165) is 43.4 Å². The van der Waals surface area contributed by atoms with Gasteiger partial charge in [-0.15, -0.1) is 11.3 Å². The lowest BCUT2D eigenvalue weighted by Crippen LogP contribution is -2.36. The molecular formula is C23H31NO3S. The highest BCUT2D eigenvalue weighted by molar-refractivity contribution is 7.10. The first kappa shape index (κ1) is 21.0. The number of anilines is 1. The molecule has 2 atom stereocenters. The molecule has 2 aromatic rings. The average molecular weight is 402 g/mol. The number of unbranched alkanes of at least 4 members (excludes halogenated alkanes) is 2. The van der Waals surface area contributed by atoms with Crippen molar-refractivity contribution in [1.29, 1.82) is 0 Å². The minimum atomic E-state index is -0.428. The van der Waals surface area contributed by atoms with E-state index in [9.17, 15) is 9.90 Å². The highest BCUT2D eigenvalue weighted by Gasteiger charge is 2.32. The van der Waals surface area contributed by atoms with Gasteiger partial charge in [0.1, 0.15) is 0 Å². The smallest absolute Gasteiger partial charge is 0.227 e. The van der Waals surface area contributed by atoms with Gasteiger partial charge < -0.3 is 14.7 Å². The monoisotopic (exact) mass is 401 g/mol. The molecule has 0 saturated carbocycles. The quantitative estimate of drug-likeness (QED) is 0.544. The van der Waals surface area contributed by atoms with Crippen molar-refractivity contribution in [2.75, 3.05) is 11.5 Å². The molecule has 3 rings (SSSR count). The fraction of sp³-hybridized carbons (Fsp3) is 0.522. The molecule has 1 aliphatic heterocycles. The van der Waals surface area contributed by atoms with Gasteiger partial charge in [-0.3, -0.25) is 4.79 Å². The number of aliphatic hydroxyl groups is 1. The lowest BCUT2D eigenvalue weighted by molar-refractivity contribution is -0.117. The van der Waals surface area contributed by atoms with Gasteiger partial charge in [0.15, 0.2) is 0 Å². The summed E-state index contributed by atoms with van der Waals surface area (Å²) in [7, 11) is 0. The van der Waals surface area contributed by atoms with Crippen molar-refractivity contribution in [2.45, 2.75) is 71.1 Å². The van der Waals surface area contributed by atoms with Gasteiger partial charge in [-0.25, -0.2) is 0 Å². The van der Waals surface area contributed by atoms with E-state index in [-0.39, 0.29) is 11.9 Å². The highest BCUT2D eigenvalue weighted by atomic mass is 32.1. The fourth-order valence-corrected chi connectivity index (χ4v) is 4.54. The van der Waals surface area contributed by atoms with Crippen molar-refractivity contribution in [2.24, 2.45) is 0 Å². The number of aliphatic hydroxyl groups excluding tert-OH is 1. The van der Waals surface area contributed by atoms with Crippen LogP contribution in [0, 0.1) is 6.92 Å². The van der Waals surface area contributed by atoms with E-state index < -0.39 is 6.10 Å². The lowest BCUT2D eigenvalue weighted by Gasteiger charge is -2.25. The third-order valence-electron chi connectivity index (χ3n) is 5.30. The van der Waals surface area contributed by atoms with Crippen molar-refractivity contribution >= 4 is 22.9 Å². The van der Waals surface area contributed by atoms with Gasteiger partial charge in [0.2, 0.25) is 5.91 Å². The predicted molar refractivity (Wildman–Crippen MR) is 115 cm³/mol. The van der Waals surface area contributed by atoms with Crippen LogP contribution in [0.4, 0.5) is 5.69 Å². The minimum absolute atomic E-state index is 0.0777. The number of hydrogen-bond acceptors (Lipinski definition) is 4. The van der Waals surface area contributed by atoms with Crippen molar-refractivity contribution in [1.82, 2.24) is 0 Å². The number of hydrogen-bond donors (Lipinski definition) is 1. The van der Waals surface area contributed by atoms with Gasteiger partial charge >= 0.3 is 0 Å². The van der Waals surface area contributed by atoms with Crippen LogP contribution >= 0.6 is 11.3 Å². The second-order valence-corrected chi connectivity index (χ2v) is 8.66. The third kappa shape index (κ3) is 5.43. The molecule has 1 aromatic carbocycles. The molecule has 1 aromatic heterocycles. The Morgan fingerprint density at radius 2 is 2.07 bits per heavy atom. The fourth-order valence-electron chi connectivity index (χ4n) is 3.73. The van der Waals surface area contributed by atoms with Crippen LogP contribution in [0.25, 0.3) is 0 Å². The third-order valence-corrected chi connectivity index (χ3v) is 6.33. The Kier molecular flexibility index (Phi) is 7.65. The van der Waals surface area contributed by atoms with Crippen molar-refractivity contribution in [3.05, 3.63) is 51.7 Å². The van der Waals surface area contributed by atoms with E-state index >= 15 is 0 Å². The minimum Gasteiger partial charge on any atom is -0.388 e. The van der Waals surface area contributed by atoms with Gasteiger partial charge in [-0.1, -0.05) is 38.3 Å². The molecule has 1 fully saturated rings. The number of nitrogens with zero attached hydrogens (tertiary/aromatic N) is 1. The zero-order chi connectivity index (χ0) is 19.9. The molecule has 5 heteroatoms. The summed E-state index contributed by atoms with van der Waals surface area (Å²) >= 11 is 1.71. The lowest BCUT2D eigenvalue weighted by atomic mass is 10.0. The Hall–Kier alpha value is -1.69. The molecule has 0 radical (unpaired) electrons. The summed E-state index contributed by atoms with van der Waals surface area (Å²) in [6, 6.07) is 10.0. The molecule has 0 bridgehead atoms. The summed E-state index contributed by atoms with van der Waals surface area (Å²) in [5, 5.41) is 12.5. The molecule has 152 valence electrons. The number of ether oxygens (including phenoxy) is 1. The van der Waals surface area contributed by atoms with Crippen LogP contribution in [0.1, 0.15) is 67.6 Å². The molecule has 1 unspecified atom stereocenters. The van der Waals surface area contributed by atoms with Crippen LogP contribution in [0.2, 0.25) is 0 Å². The summed E-state index contributed by atoms with van der Waals surface area (Å²) in [6.45, 7) is 5.39. The first-order chi connectivity index (χ1) is 13.6. The summed E-state index contributed by atoms with van der Waals surface area (Å²) in [4.78, 5) is 15.5. The maximum absolute atomic E-state index is 12.4. The van der Waals surface area contributed by atoms with Crippen LogP contribution in [-0.2, 0) is 16.1 Å². The Bertz CT molecular complexity index is 755. The molecule has 0 spiro atoms. The van der Waals surface area contributed by atoms with Gasteiger partial charge in [0, 0.05) is 17.0 Å².